The summed E-state index contributed by atoms with van der Waals surface area (Å²) in [4.78, 5) is 0. The van der Waals surface area contributed by atoms with Gasteiger partial charge in [-0.2, -0.15) is 0 Å². The van der Waals surface area contributed by atoms with Gasteiger partial charge in [0, 0.05) is 33.0 Å². The van der Waals surface area contributed by atoms with Crippen molar-refractivity contribution in [2.75, 3.05) is 0 Å². The first-order chi connectivity index (χ1) is 30.9. The summed E-state index contributed by atoms with van der Waals surface area (Å²) in [7, 11) is 0. The van der Waals surface area contributed by atoms with Gasteiger partial charge in [0.1, 0.15) is 0 Å². The monoisotopic (exact) mass is 821 g/mol. The van der Waals surface area contributed by atoms with Crippen LogP contribution in [0.25, 0.3) is 93.8 Å². The minimum absolute atomic E-state index is 0.0890. The van der Waals surface area contributed by atoms with Crippen molar-refractivity contribution in [2.45, 2.75) is 71.6 Å². The normalized spacial score (nSPS) is 15.6. The molecule has 0 atom stereocenters. The maximum absolute atomic E-state index is 2.54. The van der Waals surface area contributed by atoms with Crippen LogP contribution in [-0.2, 0) is 16.2 Å². The molecule has 0 fully saturated rings. The van der Waals surface area contributed by atoms with Crippen LogP contribution in [-0.4, -0.2) is 4.57 Å². The summed E-state index contributed by atoms with van der Waals surface area (Å²) in [6.45, 7) is 19.0. The Morgan fingerprint density at radius 3 is 1.20 bits per heavy atom. The van der Waals surface area contributed by atoms with Crippen molar-refractivity contribution in [2.24, 2.45) is 0 Å². The number of rotatable bonds is 3. The summed E-state index contributed by atoms with van der Waals surface area (Å²) in [6.07, 6.45) is 0. The van der Waals surface area contributed by atoms with Crippen LogP contribution in [0, 0.1) is 13.8 Å². The first kappa shape index (κ1) is 37.6. The Kier molecular flexibility index (Phi) is 7.40. The predicted octanol–water partition coefficient (Wildman–Crippen LogP) is 16.8. The van der Waals surface area contributed by atoms with Crippen LogP contribution < -0.4 is 0 Å². The average Bonchev–Trinajstić information content (AvgIpc) is 3.88. The second kappa shape index (κ2) is 12.6. The van der Waals surface area contributed by atoms with Crippen LogP contribution in [0.3, 0.4) is 0 Å². The smallest absolute Gasteiger partial charge is 0.0540 e. The SMILES string of the molecule is Cc1c(C)n(-c2ccc3c(c2)C(C)(C)c2ccccc2-3)c2cc3c(-c4ccc5c(c4)C(C)(C)c4ccccc4-5)c4ccccc4c(-c4ccc5c(c4)C(C)(C)c4ccccc4-5)c3cc12. The van der Waals surface area contributed by atoms with E-state index in [2.05, 4.69) is 224 Å². The maximum atomic E-state index is 2.54. The highest BCUT2D eigenvalue weighted by molar-refractivity contribution is 6.24. The van der Waals surface area contributed by atoms with Gasteiger partial charge in [-0.25, -0.2) is 0 Å². The van der Waals surface area contributed by atoms with Gasteiger partial charge in [-0.15, -0.1) is 0 Å². The fraction of sp³-hybridized carbons (Fsp3) is 0.175. The molecule has 10 aromatic rings. The molecule has 64 heavy (non-hydrogen) atoms. The molecule has 3 aliphatic rings. The summed E-state index contributed by atoms with van der Waals surface area (Å²) < 4.78 is 2.54. The van der Waals surface area contributed by atoms with Gasteiger partial charge in [-0.05, 0) is 166 Å². The highest BCUT2D eigenvalue weighted by Crippen LogP contribution is 2.55. The number of benzene rings is 9. The lowest BCUT2D eigenvalue weighted by Gasteiger charge is -2.24. The second-order valence-corrected chi connectivity index (χ2v) is 20.5. The van der Waals surface area contributed by atoms with E-state index in [-0.39, 0.29) is 16.2 Å². The Balaban J connectivity index is 1.12. The molecule has 0 unspecified atom stereocenters. The standard InChI is InChI=1S/C63H51N/c1-36-37(2)64(40-27-30-46-43-19-13-16-24-54(43)63(7,8)57(46)33-40)58-35-51-50(34-49(36)58)59(38-25-28-44-41-17-11-14-22-52(41)61(3,4)55(44)31-38)47-20-9-10-21-48(47)60(51)39-26-29-45-42-18-12-15-23-53(42)62(5,6)56(45)32-39/h9-35H,1-8H3. The Hall–Kier alpha value is -6.96. The van der Waals surface area contributed by atoms with E-state index in [4.69, 9.17) is 0 Å². The van der Waals surface area contributed by atoms with Gasteiger partial charge in [0.25, 0.3) is 0 Å². The van der Waals surface area contributed by atoms with Crippen LogP contribution in [0.1, 0.15) is 86.2 Å². The van der Waals surface area contributed by atoms with Crippen LogP contribution in [0.5, 0.6) is 0 Å². The summed E-state index contributed by atoms with van der Waals surface area (Å²) in [5.74, 6) is 0. The van der Waals surface area contributed by atoms with E-state index in [1.807, 2.05) is 0 Å². The van der Waals surface area contributed by atoms with E-state index in [0.29, 0.717) is 0 Å². The molecule has 0 saturated carbocycles. The number of hydrogen-bond donors (Lipinski definition) is 0. The lowest BCUT2D eigenvalue weighted by molar-refractivity contribution is 0.659. The molecular weight excluding hydrogens is 771 g/mol. The van der Waals surface area contributed by atoms with Crippen molar-refractivity contribution < 1.29 is 0 Å². The summed E-state index contributed by atoms with van der Waals surface area (Å²) >= 11 is 0. The lowest BCUT2D eigenvalue weighted by atomic mass is 9.79. The maximum Gasteiger partial charge on any atom is 0.0540 e. The third-order valence-electron chi connectivity index (χ3n) is 16.2. The van der Waals surface area contributed by atoms with E-state index in [1.165, 1.54) is 138 Å². The highest BCUT2D eigenvalue weighted by atomic mass is 15.0. The molecule has 0 bridgehead atoms. The molecule has 1 nitrogen and oxygen atoms in total. The van der Waals surface area contributed by atoms with E-state index >= 15 is 0 Å². The molecule has 9 aromatic carbocycles. The van der Waals surface area contributed by atoms with Gasteiger partial charge in [-0.1, -0.05) is 169 Å². The van der Waals surface area contributed by atoms with Gasteiger partial charge in [-0.3, -0.25) is 0 Å². The molecule has 1 heterocycles. The molecule has 13 rings (SSSR count). The summed E-state index contributed by atoms with van der Waals surface area (Å²) in [5.41, 5.74) is 26.4. The average molecular weight is 822 g/mol. The minimum atomic E-state index is -0.112. The highest BCUT2D eigenvalue weighted by Gasteiger charge is 2.38. The minimum Gasteiger partial charge on any atom is -0.314 e. The molecule has 0 amide bonds. The molecule has 308 valence electrons. The van der Waals surface area contributed by atoms with E-state index in [1.54, 1.807) is 0 Å². The molecule has 0 N–H and O–H groups in total. The zero-order valence-electron chi connectivity index (χ0n) is 38.0. The van der Waals surface area contributed by atoms with E-state index < -0.39 is 0 Å². The molecule has 0 aliphatic heterocycles. The molecule has 0 spiro atoms. The van der Waals surface area contributed by atoms with E-state index in [0.717, 1.165) is 0 Å². The zero-order valence-corrected chi connectivity index (χ0v) is 38.0. The summed E-state index contributed by atoms with van der Waals surface area (Å²) in [5, 5.41) is 6.45. The molecule has 1 heteroatoms. The van der Waals surface area contributed by atoms with Gasteiger partial charge in [0.05, 0.1) is 5.52 Å². The molecule has 1 aromatic heterocycles. The van der Waals surface area contributed by atoms with E-state index in [9.17, 15) is 0 Å². The van der Waals surface area contributed by atoms with Crippen molar-refractivity contribution in [3.05, 3.63) is 208 Å². The Morgan fingerprint density at radius 2 is 0.719 bits per heavy atom. The van der Waals surface area contributed by atoms with Crippen LogP contribution in [0.2, 0.25) is 0 Å². The Morgan fingerprint density at radius 1 is 0.328 bits per heavy atom. The molecular formula is C63H51N. The van der Waals surface area contributed by atoms with Gasteiger partial charge in [0.15, 0.2) is 0 Å². The van der Waals surface area contributed by atoms with Crippen molar-refractivity contribution in [1.29, 1.82) is 0 Å². The molecule has 0 saturated heterocycles. The van der Waals surface area contributed by atoms with Crippen molar-refractivity contribution in [3.63, 3.8) is 0 Å². The van der Waals surface area contributed by atoms with Crippen LogP contribution in [0.15, 0.2) is 164 Å². The topological polar surface area (TPSA) is 4.93 Å². The first-order valence-corrected chi connectivity index (χ1v) is 23.1. The molecule has 3 aliphatic carbocycles. The second-order valence-electron chi connectivity index (χ2n) is 20.5. The molecule has 0 radical (unpaired) electrons. The number of nitrogens with zero attached hydrogens (tertiary/aromatic N) is 1. The van der Waals surface area contributed by atoms with Crippen molar-refractivity contribution in [3.8, 4) is 61.3 Å². The Labute approximate surface area is 376 Å². The fourth-order valence-corrected chi connectivity index (χ4v) is 12.7. The number of hydrogen-bond acceptors (Lipinski definition) is 0. The predicted molar refractivity (Wildman–Crippen MR) is 271 cm³/mol. The fourth-order valence-electron chi connectivity index (χ4n) is 12.7. The summed E-state index contributed by atoms with van der Waals surface area (Å²) in [6, 6.07) is 63.0. The van der Waals surface area contributed by atoms with Gasteiger partial charge >= 0.3 is 0 Å². The zero-order chi connectivity index (χ0) is 43.6. The third kappa shape index (κ3) is 4.75. The van der Waals surface area contributed by atoms with Gasteiger partial charge in [0.2, 0.25) is 0 Å². The van der Waals surface area contributed by atoms with Crippen LogP contribution >= 0.6 is 0 Å². The van der Waals surface area contributed by atoms with Crippen LogP contribution in [0.4, 0.5) is 0 Å². The number of aromatic nitrogens is 1. The first-order valence-electron chi connectivity index (χ1n) is 23.1. The third-order valence-corrected chi connectivity index (χ3v) is 16.2. The lowest BCUT2D eigenvalue weighted by Crippen LogP contribution is -2.15. The van der Waals surface area contributed by atoms with Gasteiger partial charge < -0.3 is 4.57 Å². The Bertz CT molecular complexity index is 3710. The van der Waals surface area contributed by atoms with Crippen molar-refractivity contribution in [1.82, 2.24) is 4.57 Å². The largest absolute Gasteiger partial charge is 0.314 e. The number of aryl methyl sites for hydroxylation is 1. The number of fused-ring (bicyclic) bond motifs is 12. The quantitative estimate of drug-likeness (QED) is 0.157. The van der Waals surface area contributed by atoms with Crippen molar-refractivity contribution >= 4 is 32.4 Å².